The summed E-state index contributed by atoms with van der Waals surface area (Å²) >= 11 is 1.48. The zero-order valence-electron chi connectivity index (χ0n) is 12.4. The van der Waals surface area contributed by atoms with E-state index in [1.807, 2.05) is 13.8 Å². The molecule has 0 bridgehead atoms. The van der Waals surface area contributed by atoms with Crippen molar-refractivity contribution in [1.29, 1.82) is 0 Å². The van der Waals surface area contributed by atoms with E-state index < -0.39 is 17.8 Å². The third-order valence-electron chi connectivity index (χ3n) is 3.16. The van der Waals surface area contributed by atoms with E-state index in [2.05, 4.69) is 15.6 Å². The van der Waals surface area contributed by atoms with E-state index in [0.717, 1.165) is 5.75 Å². The summed E-state index contributed by atoms with van der Waals surface area (Å²) in [5, 5.41) is 6.00. The molecule has 0 aliphatic carbocycles. The number of nitrogens with zero attached hydrogens (tertiary/aromatic N) is 1. The predicted molar refractivity (Wildman–Crippen MR) is 85.4 cm³/mol. The van der Waals surface area contributed by atoms with Crippen LogP contribution >= 0.6 is 11.8 Å². The van der Waals surface area contributed by atoms with Crippen LogP contribution in [0.2, 0.25) is 0 Å². The number of nitrogens with one attached hydrogen (secondary N) is 2. The molecule has 1 heterocycles. The van der Waals surface area contributed by atoms with Crippen molar-refractivity contribution in [1.82, 2.24) is 10.6 Å². The normalized spacial score (nSPS) is 15.4. The van der Waals surface area contributed by atoms with Crippen LogP contribution in [0.4, 0.5) is 4.39 Å². The van der Waals surface area contributed by atoms with Crippen molar-refractivity contribution in [3.05, 3.63) is 35.6 Å². The summed E-state index contributed by atoms with van der Waals surface area (Å²) in [4.78, 5) is 28.6. The first-order valence-corrected chi connectivity index (χ1v) is 8.00. The molecule has 0 unspecified atom stereocenters. The van der Waals surface area contributed by atoms with Gasteiger partial charge in [0.15, 0.2) is 5.17 Å². The van der Waals surface area contributed by atoms with Crippen molar-refractivity contribution in [3.8, 4) is 0 Å². The highest BCUT2D eigenvalue weighted by Crippen LogP contribution is 2.11. The van der Waals surface area contributed by atoms with Gasteiger partial charge in [-0.1, -0.05) is 25.6 Å². The average Bonchev–Trinajstić information content (AvgIpc) is 2.97. The number of benzene rings is 1. The number of aliphatic imine (C=N–C) groups is 1. The maximum atomic E-state index is 12.9. The SMILES string of the molecule is CC(C)[C@@H](NC(=O)c1ccc(F)cc1)C(=O)NC1=NCCS1. The van der Waals surface area contributed by atoms with Crippen LogP contribution in [-0.4, -0.2) is 35.3 Å². The van der Waals surface area contributed by atoms with Crippen LogP contribution in [0.3, 0.4) is 0 Å². The fraction of sp³-hybridized carbons (Fsp3) is 0.400. The topological polar surface area (TPSA) is 70.6 Å². The molecule has 7 heteroatoms. The maximum Gasteiger partial charge on any atom is 0.251 e. The largest absolute Gasteiger partial charge is 0.340 e. The van der Waals surface area contributed by atoms with Gasteiger partial charge in [0, 0.05) is 11.3 Å². The number of rotatable bonds is 4. The summed E-state index contributed by atoms with van der Waals surface area (Å²) in [7, 11) is 0. The van der Waals surface area contributed by atoms with Gasteiger partial charge in [0.25, 0.3) is 5.91 Å². The molecule has 2 amide bonds. The summed E-state index contributed by atoms with van der Waals surface area (Å²) in [6.45, 7) is 4.38. The molecule has 0 aromatic heterocycles. The van der Waals surface area contributed by atoms with Crippen molar-refractivity contribution in [3.63, 3.8) is 0 Å². The van der Waals surface area contributed by atoms with Crippen LogP contribution in [0.15, 0.2) is 29.3 Å². The van der Waals surface area contributed by atoms with Gasteiger partial charge in [0.2, 0.25) is 5.91 Å². The maximum absolute atomic E-state index is 12.9. The van der Waals surface area contributed by atoms with Crippen LogP contribution in [0.25, 0.3) is 0 Å². The van der Waals surface area contributed by atoms with Gasteiger partial charge >= 0.3 is 0 Å². The first-order chi connectivity index (χ1) is 10.5. The van der Waals surface area contributed by atoms with Crippen molar-refractivity contribution < 1.29 is 14.0 Å². The Morgan fingerprint density at radius 3 is 2.50 bits per heavy atom. The van der Waals surface area contributed by atoms with Crippen LogP contribution in [0, 0.1) is 11.7 Å². The van der Waals surface area contributed by atoms with Crippen molar-refractivity contribution >= 4 is 28.7 Å². The number of carbonyl (C=O) groups is 2. The molecule has 1 atom stereocenters. The lowest BCUT2D eigenvalue weighted by atomic mass is 10.0. The van der Waals surface area contributed by atoms with Crippen LogP contribution in [-0.2, 0) is 4.79 Å². The second-order valence-corrected chi connectivity index (χ2v) is 6.31. The van der Waals surface area contributed by atoms with E-state index in [4.69, 9.17) is 0 Å². The Bertz CT molecular complexity index is 587. The van der Waals surface area contributed by atoms with Crippen molar-refractivity contribution in [2.75, 3.05) is 12.3 Å². The molecule has 1 aliphatic rings. The molecule has 0 saturated heterocycles. The Morgan fingerprint density at radius 1 is 1.27 bits per heavy atom. The molecule has 1 aromatic carbocycles. The number of carbonyl (C=O) groups excluding carboxylic acids is 2. The number of hydrogen-bond acceptors (Lipinski definition) is 4. The lowest BCUT2D eigenvalue weighted by Gasteiger charge is -2.21. The van der Waals surface area contributed by atoms with Crippen LogP contribution in [0.1, 0.15) is 24.2 Å². The monoisotopic (exact) mass is 323 g/mol. The Labute approximate surface area is 132 Å². The van der Waals surface area contributed by atoms with Crippen molar-refractivity contribution in [2.24, 2.45) is 10.9 Å². The zero-order valence-corrected chi connectivity index (χ0v) is 13.2. The molecule has 22 heavy (non-hydrogen) atoms. The first-order valence-electron chi connectivity index (χ1n) is 7.02. The van der Waals surface area contributed by atoms with E-state index >= 15 is 0 Å². The van der Waals surface area contributed by atoms with E-state index in [-0.39, 0.29) is 11.8 Å². The molecule has 2 N–H and O–H groups in total. The fourth-order valence-electron chi connectivity index (χ4n) is 1.95. The molecule has 0 spiro atoms. The lowest BCUT2D eigenvalue weighted by molar-refractivity contribution is -0.122. The van der Waals surface area contributed by atoms with Gasteiger partial charge in [-0.15, -0.1) is 0 Å². The molecule has 0 saturated carbocycles. The molecule has 118 valence electrons. The van der Waals surface area contributed by atoms with Crippen LogP contribution < -0.4 is 10.6 Å². The van der Waals surface area contributed by atoms with Gasteiger partial charge in [-0.3, -0.25) is 14.6 Å². The van der Waals surface area contributed by atoms with Crippen molar-refractivity contribution in [2.45, 2.75) is 19.9 Å². The second kappa shape index (κ2) is 7.40. The highest BCUT2D eigenvalue weighted by atomic mass is 32.2. The lowest BCUT2D eigenvalue weighted by Crippen LogP contribution is -2.50. The zero-order chi connectivity index (χ0) is 16.1. The Balaban J connectivity index is 2.02. The van der Waals surface area contributed by atoms with Gasteiger partial charge < -0.3 is 10.6 Å². The molecular weight excluding hydrogens is 305 g/mol. The summed E-state index contributed by atoms with van der Waals surface area (Å²) in [6, 6.07) is 4.52. The smallest absolute Gasteiger partial charge is 0.251 e. The standard InChI is InChI=1S/C15H18FN3O2S/c1-9(2)12(14(21)19-15-17-7-8-22-15)18-13(20)10-3-5-11(16)6-4-10/h3-6,9,12H,7-8H2,1-2H3,(H,18,20)(H,17,19,21)/t12-/m1/s1. The highest BCUT2D eigenvalue weighted by molar-refractivity contribution is 8.14. The Morgan fingerprint density at radius 2 is 1.95 bits per heavy atom. The Kier molecular flexibility index (Phi) is 5.54. The summed E-state index contributed by atoms with van der Waals surface area (Å²) in [6.07, 6.45) is 0. The van der Waals surface area contributed by atoms with Gasteiger partial charge in [-0.25, -0.2) is 4.39 Å². The average molecular weight is 323 g/mol. The van der Waals surface area contributed by atoms with E-state index in [9.17, 15) is 14.0 Å². The van der Waals surface area contributed by atoms with Gasteiger partial charge in [0.1, 0.15) is 11.9 Å². The van der Waals surface area contributed by atoms with Gasteiger partial charge in [-0.2, -0.15) is 0 Å². The molecule has 2 rings (SSSR count). The van der Waals surface area contributed by atoms with Gasteiger partial charge in [0.05, 0.1) is 6.54 Å². The third-order valence-corrected chi connectivity index (χ3v) is 4.05. The molecular formula is C15H18FN3O2S. The number of halogens is 1. The minimum absolute atomic E-state index is 0.0867. The summed E-state index contributed by atoms with van der Waals surface area (Å²) in [5.41, 5.74) is 0.312. The van der Waals surface area contributed by atoms with Crippen LogP contribution in [0.5, 0.6) is 0 Å². The predicted octanol–water partition coefficient (Wildman–Crippen LogP) is 1.80. The molecule has 5 nitrogen and oxygen atoms in total. The minimum atomic E-state index is -0.679. The summed E-state index contributed by atoms with van der Waals surface area (Å²) < 4.78 is 12.9. The quantitative estimate of drug-likeness (QED) is 0.887. The number of thioether (sulfide) groups is 1. The van der Waals surface area contributed by atoms with Gasteiger partial charge in [-0.05, 0) is 30.2 Å². The number of hydrogen-bond donors (Lipinski definition) is 2. The molecule has 1 aromatic rings. The van der Waals surface area contributed by atoms with E-state index in [1.165, 1.54) is 36.0 Å². The second-order valence-electron chi connectivity index (χ2n) is 5.23. The minimum Gasteiger partial charge on any atom is -0.340 e. The number of amidine groups is 1. The molecule has 0 radical (unpaired) electrons. The summed E-state index contributed by atoms with van der Waals surface area (Å²) in [5.74, 6) is -0.347. The molecule has 0 fully saturated rings. The fourth-order valence-corrected chi connectivity index (χ4v) is 2.69. The molecule has 1 aliphatic heterocycles. The first kappa shape index (κ1) is 16.5. The number of amides is 2. The van der Waals surface area contributed by atoms with E-state index in [1.54, 1.807) is 0 Å². The third kappa shape index (κ3) is 4.30. The Hall–Kier alpha value is -1.89. The highest BCUT2D eigenvalue weighted by Gasteiger charge is 2.26. The van der Waals surface area contributed by atoms with E-state index in [0.29, 0.717) is 17.3 Å².